The van der Waals surface area contributed by atoms with Gasteiger partial charge in [0.25, 0.3) is 5.91 Å². The number of nitrogen functional groups attached to an aromatic ring is 1. The summed E-state index contributed by atoms with van der Waals surface area (Å²) in [5, 5.41) is 4.18. The minimum Gasteiger partial charge on any atom is -0.451 e. The second kappa shape index (κ2) is 5.55. The van der Waals surface area contributed by atoms with E-state index >= 15 is 0 Å². The zero-order chi connectivity index (χ0) is 15.9. The van der Waals surface area contributed by atoms with Gasteiger partial charge in [0.15, 0.2) is 5.76 Å². The number of anilines is 2. The summed E-state index contributed by atoms with van der Waals surface area (Å²) in [5.74, 6) is -0.115. The van der Waals surface area contributed by atoms with E-state index in [2.05, 4.69) is 5.32 Å². The minimum absolute atomic E-state index is 0.255. The van der Waals surface area contributed by atoms with Crippen LogP contribution in [0.25, 0.3) is 11.0 Å². The van der Waals surface area contributed by atoms with Crippen molar-refractivity contribution in [2.45, 2.75) is 6.92 Å². The van der Waals surface area contributed by atoms with Crippen molar-refractivity contribution in [1.82, 2.24) is 0 Å². The lowest BCUT2D eigenvalue weighted by molar-refractivity contribution is 0.0998. The predicted molar refractivity (Wildman–Crippen MR) is 89.8 cm³/mol. The van der Waals surface area contributed by atoms with Gasteiger partial charge in [-0.05, 0) is 25.1 Å². The molecule has 0 saturated carbocycles. The van der Waals surface area contributed by atoms with E-state index < -0.39 is 0 Å². The third-order valence-electron chi connectivity index (χ3n) is 3.39. The quantitative estimate of drug-likeness (QED) is 0.656. The number of para-hydroxylation sites is 1. The Balaban J connectivity index is 1.95. The monoisotopic (exact) mass is 334 g/mol. The number of amides is 1. The number of nitrogens with two attached hydrogens (primary N) is 1. The van der Waals surface area contributed by atoms with Crippen LogP contribution in [-0.4, -0.2) is 5.91 Å². The van der Waals surface area contributed by atoms with Crippen LogP contribution in [0.2, 0.25) is 10.0 Å². The van der Waals surface area contributed by atoms with Gasteiger partial charge in [-0.3, -0.25) is 4.79 Å². The number of hydrogen-bond donors (Lipinski definition) is 2. The Morgan fingerprint density at radius 3 is 2.45 bits per heavy atom. The van der Waals surface area contributed by atoms with Crippen molar-refractivity contribution in [2.75, 3.05) is 11.1 Å². The number of halogens is 2. The van der Waals surface area contributed by atoms with Crippen LogP contribution < -0.4 is 11.1 Å². The van der Waals surface area contributed by atoms with Crippen LogP contribution in [0.3, 0.4) is 0 Å². The van der Waals surface area contributed by atoms with E-state index in [1.165, 1.54) is 0 Å². The van der Waals surface area contributed by atoms with Crippen molar-refractivity contribution in [1.29, 1.82) is 0 Å². The highest BCUT2D eigenvalue weighted by molar-refractivity contribution is 6.39. The number of hydrogen-bond acceptors (Lipinski definition) is 3. The molecule has 0 spiro atoms. The first-order valence-electron chi connectivity index (χ1n) is 6.51. The minimum atomic E-state index is -0.370. The van der Waals surface area contributed by atoms with Crippen LogP contribution in [0.15, 0.2) is 40.8 Å². The number of aryl methyl sites for hydroxylation is 1. The van der Waals surface area contributed by atoms with Gasteiger partial charge in [-0.1, -0.05) is 41.4 Å². The molecule has 22 heavy (non-hydrogen) atoms. The summed E-state index contributed by atoms with van der Waals surface area (Å²) in [6.07, 6.45) is 0. The van der Waals surface area contributed by atoms with Gasteiger partial charge >= 0.3 is 0 Å². The second-order valence-electron chi connectivity index (χ2n) is 4.86. The SMILES string of the molecule is Cc1c(C(=O)Nc2cc(Cl)c(N)c(Cl)c2)oc2ccccc12. The molecule has 1 heterocycles. The molecule has 1 amide bonds. The van der Waals surface area contributed by atoms with E-state index in [9.17, 15) is 4.79 Å². The Labute approximate surface area is 136 Å². The third-order valence-corrected chi connectivity index (χ3v) is 4.01. The van der Waals surface area contributed by atoms with Gasteiger partial charge in [0.05, 0.1) is 15.7 Å². The molecule has 0 fully saturated rings. The molecular weight excluding hydrogens is 323 g/mol. The Morgan fingerprint density at radius 1 is 1.18 bits per heavy atom. The predicted octanol–water partition coefficient (Wildman–Crippen LogP) is 4.88. The third kappa shape index (κ3) is 2.51. The smallest absolute Gasteiger partial charge is 0.291 e. The topological polar surface area (TPSA) is 68.3 Å². The molecule has 3 aromatic rings. The molecular formula is C16H12Cl2N2O2. The van der Waals surface area contributed by atoms with Crippen LogP contribution in [0.4, 0.5) is 11.4 Å². The number of benzene rings is 2. The molecule has 0 aliphatic rings. The van der Waals surface area contributed by atoms with E-state index in [4.69, 9.17) is 33.4 Å². The molecule has 1 aromatic heterocycles. The van der Waals surface area contributed by atoms with Crippen LogP contribution in [-0.2, 0) is 0 Å². The zero-order valence-corrected chi connectivity index (χ0v) is 13.1. The first kappa shape index (κ1) is 14.8. The second-order valence-corrected chi connectivity index (χ2v) is 5.67. The molecule has 0 unspecified atom stereocenters. The molecule has 0 atom stereocenters. The number of fused-ring (bicyclic) bond motifs is 1. The van der Waals surface area contributed by atoms with E-state index in [1.807, 2.05) is 31.2 Å². The molecule has 3 N–H and O–H groups in total. The number of rotatable bonds is 2. The van der Waals surface area contributed by atoms with Crippen molar-refractivity contribution >= 4 is 51.5 Å². The molecule has 0 aliphatic carbocycles. The van der Waals surface area contributed by atoms with Crippen LogP contribution in [0.5, 0.6) is 0 Å². The Hall–Kier alpha value is -2.17. The fourth-order valence-electron chi connectivity index (χ4n) is 2.24. The number of nitrogens with one attached hydrogen (secondary N) is 1. The van der Waals surface area contributed by atoms with Crippen LogP contribution >= 0.6 is 23.2 Å². The standard InChI is InChI=1S/C16H12Cl2N2O2/c1-8-10-4-2-3-5-13(10)22-15(8)16(21)20-9-6-11(17)14(19)12(18)7-9/h2-7H,19H2,1H3,(H,20,21). The van der Waals surface area contributed by atoms with Gasteiger partial charge in [-0.2, -0.15) is 0 Å². The molecule has 6 heteroatoms. The lowest BCUT2D eigenvalue weighted by atomic mass is 10.1. The zero-order valence-electron chi connectivity index (χ0n) is 11.6. The van der Waals surface area contributed by atoms with Crippen LogP contribution in [0, 0.1) is 6.92 Å². The summed E-state index contributed by atoms with van der Waals surface area (Å²) < 4.78 is 5.61. The van der Waals surface area contributed by atoms with Gasteiger partial charge in [-0.25, -0.2) is 0 Å². The molecule has 2 aromatic carbocycles. The van der Waals surface area contributed by atoms with Gasteiger partial charge in [0.2, 0.25) is 0 Å². The first-order valence-corrected chi connectivity index (χ1v) is 7.27. The average molecular weight is 335 g/mol. The molecule has 4 nitrogen and oxygen atoms in total. The Morgan fingerprint density at radius 2 is 1.82 bits per heavy atom. The van der Waals surface area contributed by atoms with E-state index in [1.54, 1.807) is 12.1 Å². The maximum Gasteiger partial charge on any atom is 0.291 e. The van der Waals surface area contributed by atoms with Crippen molar-refractivity contribution in [3.8, 4) is 0 Å². The number of carbonyl (C=O) groups excluding carboxylic acids is 1. The Kier molecular flexibility index (Phi) is 3.72. The van der Waals surface area contributed by atoms with Gasteiger partial charge < -0.3 is 15.5 Å². The largest absolute Gasteiger partial charge is 0.451 e. The van der Waals surface area contributed by atoms with Crippen molar-refractivity contribution in [3.63, 3.8) is 0 Å². The van der Waals surface area contributed by atoms with E-state index in [-0.39, 0.29) is 27.4 Å². The average Bonchev–Trinajstić information content (AvgIpc) is 2.82. The fourth-order valence-corrected chi connectivity index (χ4v) is 2.72. The van der Waals surface area contributed by atoms with Crippen LogP contribution in [0.1, 0.15) is 16.1 Å². The summed E-state index contributed by atoms with van der Waals surface area (Å²) in [6.45, 7) is 1.84. The lowest BCUT2D eigenvalue weighted by Crippen LogP contribution is -2.12. The summed E-state index contributed by atoms with van der Waals surface area (Å²) in [4.78, 5) is 12.4. The van der Waals surface area contributed by atoms with Gasteiger partial charge in [0, 0.05) is 16.6 Å². The number of carbonyl (C=O) groups is 1. The van der Waals surface area contributed by atoms with Crippen molar-refractivity contribution in [3.05, 3.63) is 57.8 Å². The first-order chi connectivity index (χ1) is 10.5. The molecule has 0 bridgehead atoms. The summed E-state index contributed by atoms with van der Waals surface area (Å²) in [7, 11) is 0. The molecule has 3 rings (SSSR count). The lowest BCUT2D eigenvalue weighted by Gasteiger charge is -2.07. The molecule has 112 valence electrons. The summed E-state index contributed by atoms with van der Waals surface area (Å²) >= 11 is 11.9. The van der Waals surface area contributed by atoms with Gasteiger partial charge in [-0.15, -0.1) is 0 Å². The highest BCUT2D eigenvalue weighted by Gasteiger charge is 2.18. The summed E-state index contributed by atoms with van der Waals surface area (Å²) in [6, 6.07) is 10.5. The normalized spacial score (nSPS) is 10.9. The maximum atomic E-state index is 12.4. The van der Waals surface area contributed by atoms with Crippen molar-refractivity contribution in [2.24, 2.45) is 0 Å². The molecule has 0 aliphatic heterocycles. The summed E-state index contributed by atoms with van der Waals surface area (Å²) in [5.41, 5.74) is 7.85. The van der Waals surface area contributed by atoms with E-state index in [0.29, 0.717) is 11.3 Å². The maximum absolute atomic E-state index is 12.4. The molecule has 0 saturated heterocycles. The molecule has 0 radical (unpaired) electrons. The highest BCUT2D eigenvalue weighted by Crippen LogP contribution is 2.32. The fraction of sp³-hybridized carbons (Fsp3) is 0.0625. The number of furan rings is 1. The highest BCUT2D eigenvalue weighted by atomic mass is 35.5. The van der Waals surface area contributed by atoms with Gasteiger partial charge in [0.1, 0.15) is 5.58 Å². The Bertz CT molecular complexity index is 864. The van der Waals surface area contributed by atoms with Crippen molar-refractivity contribution < 1.29 is 9.21 Å². The van der Waals surface area contributed by atoms with E-state index in [0.717, 1.165) is 10.9 Å².